The molecule has 0 atom stereocenters. The Hall–Kier alpha value is -2.23. The minimum absolute atomic E-state index is 0.272. The van der Waals surface area contributed by atoms with E-state index in [1.165, 1.54) is 29.5 Å². The Bertz CT molecular complexity index is 700. The molecule has 0 bridgehead atoms. The molecule has 102 valence electrons. The molecule has 0 aliphatic heterocycles. The standard InChI is InChI=1S/C14H12FN3OS/c1-9-7-10(4-5-12(9)15)13(19)18-14-17-8-11(20-14)3-2-6-16/h4-5,7-8H,6,16H2,1H3,(H,17,18,19). The van der Waals surface area contributed by atoms with Gasteiger partial charge in [0.1, 0.15) is 5.82 Å². The van der Waals surface area contributed by atoms with Crippen molar-refractivity contribution in [2.45, 2.75) is 6.92 Å². The molecule has 1 amide bonds. The first-order chi connectivity index (χ1) is 9.60. The van der Waals surface area contributed by atoms with Crippen LogP contribution in [0.5, 0.6) is 0 Å². The van der Waals surface area contributed by atoms with Gasteiger partial charge in [-0.3, -0.25) is 10.1 Å². The molecular weight excluding hydrogens is 277 g/mol. The number of aromatic nitrogens is 1. The summed E-state index contributed by atoms with van der Waals surface area (Å²) in [6, 6.07) is 4.19. The molecule has 0 saturated heterocycles. The van der Waals surface area contributed by atoms with Gasteiger partial charge in [-0.05, 0) is 30.7 Å². The second-order valence-corrected chi connectivity index (χ2v) is 4.98. The van der Waals surface area contributed by atoms with E-state index in [1.807, 2.05) is 0 Å². The Kier molecular flexibility index (Phi) is 4.45. The monoisotopic (exact) mass is 289 g/mol. The van der Waals surface area contributed by atoms with Gasteiger partial charge in [0.15, 0.2) is 5.13 Å². The van der Waals surface area contributed by atoms with Gasteiger partial charge in [-0.1, -0.05) is 23.2 Å². The molecule has 0 aliphatic carbocycles. The highest BCUT2D eigenvalue weighted by Crippen LogP contribution is 2.18. The number of amides is 1. The molecule has 0 fully saturated rings. The normalized spacial score (nSPS) is 9.75. The van der Waals surface area contributed by atoms with Gasteiger partial charge in [-0.15, -0.1) is 0 Å². The lowest BCUT2D eigenvalue weighted by atomic mass is 10.1. The third kappa shape index (κ3) is 3.41. The number of nitrogens with one attached hydrogen (secondary N) is 1. The predicted molar refractivity (Wildman–Crippen MR) is 77.1 cm³/mol. The molecule has 3 N–H and O–H groups in total. The van der Waals surface area contributed by atoms with E-state index in [1.54, 1.807) is 13.1 Å². The fourth-order valence-electron chi connectivity index (χ4n) is 1.48. The van der Waals surface area contributed by atoms with Crippen molar-refractivity contribution >= 4 is 22.4 Å². The summed E-state index contributed by atoms with van der Waals surface area (Å²) in [4.78, 5) is 16.7. The van der Waals surface area contributed by atoms with Gasteiger partial charge >= 0.3 is 0 Å². The van der Waals surface area contributed by atoms with Crippen molar-refractivity contribution in [1.29, 1.82) is 0 Å². The minimum atomic E-state index is -0.338. The van der Waals surface area contributed by atoms with Crippen LogP contribution in [0, 0.1) is 24.6 Å². The topological polar surface area (TPSA) is 68.0 Å². The lowest BCUT2D eigenvalue weighted by molar-refractivity contribution is 0.102. The quantitative estimate of drug-likeness (QED) is 0.832. The third-order valence-corrected chi connectivity index (χ3v) is 3.29. The molecule has 0 radical (unpaired) electrons. The summed E-state index contributed by atoms with van der Waals surface area (Å²) in [6.07, 6.45) is 1.57. The van der Waals surface area contributed by atoms with Crippen molar-refractivity contribution in [2.75, 3.05) is 11.9 Å². The predicted octanol–water partition coefficient (Wildman–Crippen LogP) is 2.15. The highest BCUT2D eigenvalue weighted by atomic mass is 32.1. The Morgan fingerprint density at radius 3 is 3.05 bits per heavy atom. The molecule has 0 unspecified atom stereocenters. The Balaban J connectivity index is 2.11. The molecule has 6 heteroatoms. The molecule has 0 aliphatic rings. The molecule has 0 spiro atoms. The van der Waals surface area contributed by atoms with Crippen LogP contribution in [0.1, 0.15) is 20.8 Å². The van der Waals surface area contributed by atoms with E-state index in [4.69, 9.17) is 5.73 Å². The lowest BCUT2D eigenvalue weighted by Crippen LogP contribution is -2.11. The molecule has 1 heterocycles. The van der Waals surface area contributed by atoms with Gasteiger partial charge in [-0.25, -0.2) is 9.37 Å². The highest BCUT2D eigenvalue weighted by Gasteiger charge is 2.10. The van der Waals surface area contributed by atoms with E-state index in [9.17, 15) is 9.18 Å². The number of benzene rings is 1. The van der Waals surface area contributed by atoms with E-state index in [-0.39, 0.29) is 18.3 Å². The minimum Gasteiger partial charge on any atom is -0.320 e. The van der Waals surface area contributed by atoms with Gasteiger partial charge in [0, 0.05) is 5.56 Å². The maximum atomic E-state index is 13.1. The Morgan fingerprint density at radius 2 is 2.35 bits per heavy atom. The van der Waals surface area contributed by atoms with Crippen molar-refractivity contribution in [2.24, 2.45) is 5.73 Å². The SMILES string of the molecule is Cc1cc(C(=O)Nc2ncc(C#CCN)s2)ccc1F. The molecule has 2 aromatic rings. The van der Waals surface area contributed by atoms with Crippen LogP contribution in [0.2, 0.25) is 0 Å². The number of carbonyl (C=O) groups is 1. The average molecular weight is 289 g/mol. The van der Waals surface area contributed by atoms with Crippen molar-refractivity contribution in [3.05, 3.63) is 46.2 Å². The summed E-state index contributed by atoms with van der Waals surface area (Å²) >= 11 is 1.26. The van der Waals surface area contributed by atoms with E-state index in [0.717, 1.165) is 4.88 Å². The van der Waals surface area contributed by atoms with E-state index >= 15 is 0 Å². The highest BCUT2D eigenvalue weighted by molar-refractivity contribution is 7.16. The van der Waals surface area contributed by atoms with Crippen LogP contribution in [0.4, 0.5) is 9.52 Å². The largest absolute Gasteiger partial charge is 0.320 e. The van der Waals surface area contributed by atoms with Gasteiger partial charge in [-0.2, -0.15) is 0 Å². The number of rotatable bonds is 2. The number of halogens is 1. The van der Waals surface area contributed by atoms with Crippen LogP contribution in [-0.2, 0) is 0 Å². The first-order valence-electron chi connectivity index (χ1n) is 5.82. The summed E-state index contributed by atoms with van der Waals surface area (Å²) in [5, 5.41) is 3.09. The van der Waals surface area contributed by atoms with Crippen LogP contribution < -0.4 is 11.1 Å². The van der Waals surface area contributed by atoms with Crippen molar-refractivity contribution in [3.63, 3.8) is 0 Å². The molecule has 2 rings (SSSR count). The summed E-state index contributed by atoms with van der Waals surface area (Å²) in [7, 11) is 0. The number of hydrogen-bond donors (Lipinski definition) is 2. The summed E-state index contributed by atoms with van der Waals surface area (Å²) in [5.74, 6) is 4.87. The number of nitrogens with two attached hydrogens (primary N) is 1. The second-order valence-electron chi connectivity index (χ2n) is 3.95. The van der Waals surface area contributed by atoms with E-state index < -0.39 is 0 Å². The number of anilines is 1. The number of thiazole rings is 1. The third-order valence-electron chi connectivity index (χ3n) is 2.46. The van der Waals surface area contributed by atoms with Gasteiger partial charge in [0.05, 0.1) is 17.6 Å². The molecular formula is C14H12FN3OS. The van der Waals surface area contributed by atoms with Crippen LogP contribution in [-0.4, -0.2) is 17.4 Å². The number of hydrogen-bond acceptors (Lipinski definition) is 4. The zero-order chi connectivity index (χ0) is 14.5. The first-order valence-corrected chi connectivity index (χ1v) is 6.64. The molecule has 4 nitrogen and oxygen atoms in total. The summed E-state index contributed by atoms with van der Waals surface area (Å²) < 4.78 is 13.1. The van der Waals surface area contributed by atoms with Crippen LogP contribution >= 0.6 is 11.3 Å². The second kappa shape index (κ2) is 6.28. The van der Waals surface area contributed by atoms with Gasteiger partial charge < -0.3 is 5.73 Å². The smallest absolute Gasteiger partial charge is 0.257 e. The lowest BCUT2D eigenvalue weighted by Gasteiger charge is -2.03. The van der Waals surface area contributed by atoms with E-state index in [0.29, 0.717) is 16.3 Å². The first kappa shape index (κ1) is 14.2. The molecule has 0 saturated carbocycles. The maximum absolute atomic E-state index is 13.1. The number of aryl methyl sites for hydroxylation is 1. The van der Waals surface area contributed by atoms with Crippen molar-refractivity contribution in [3.8, 4) is 11.8 Å². The van der Waals surface area contributed by atoms with Crippen LogP contribution in [0.25, 0.3) is 0 Å². The van der Waals surface area contributed by atoms with Gasteiger partial charge in [0.2, 0.25) is 0 Å². The molecule has 1 aromatic heterocycles. The van der Waals surface area contributed by atoms with Crippen LogP contribution in [0.3, 0.4) is 0 Å². The maximum Gasteiger partial charge on any atom is 0.257 e. The number of carbonyl (C=O) groups excluding carboxylic acids is 1. The van der Waals surface area contributed by atoms with E-state index in [2.05, 4.69) is 22.1 Å². The fourth-order valence-corrected chi connectivity index (χ4v) is 2.17. The summed E-state index contributed by atoms with van der Waals surface area (Å²) in [5.41, 5.74) is 6.08. The fraction of sp³-hybridized carbons (Fsp3) is 0.143. The molecule has 1 aromatic carbocycles. The zero-order valence-electron chi connectivity index (χ0n) is 10.7. The van der Waals surface area contributed by atoms with Crippen molar-refractivity contribution < 1.29 is 9.18 Å². The van der Waals surface area contributed by atoms with Crippen LogP contribution in [0.15, 0.2) is 24.4 Å². The van der Waals surface area contributed by atoms with Gasteiger partial charge in [0.25, 0.3) is 5.91 Å². The molecule has 20 heavy (non-hydrogen) atoms. The number of nitrogens with zero attached hydrogens (tertiary/aromatic N) is 1. The summed E-state index contributed by atoms with van der Waals surface area (Å²) in [6.45, 7) is 1.88. The Labute approximate surface area is 119 Å². The van der Waals surface area contributed by atoms with Crippen molar-refractivity contribution in [1.82, 2.24) is 4.98 Å². The zero-order valence-corrected chi connectivity index (χ0v) is 11.6. The average Bonchev–Trinajstić information content (AvgIpc) is 2.87. The Morgan fingerprint density at radius 1 is 1.55 bits per heavy atom.